The number of thiazole rings is 1. The van der Waals surface area contributed by atoms with E-state index in [0.29, 0.717) is 23.7 Å². The van der Waals surface area contributed by atoms with Crippen molar-refractivity contribution in [2.75, 3.05) is 13.2 Å². The molecule has 0 bridgehead atoms. The van der Waals surface area contributed by atoms with E-state index in [1.165, 1.54) is 4.57 Å². The smallest absolute Gasteiger partial charge is 0.307 e. The molecule has 18 heavy (non-hydrogen) atoms. The van der Waals surface area contributed by atoms with Crippen molar-refractivity contribution in [3.63, 3.8) is 0 Å². The molecule has 0 atom stereocenters. The molecule has 0 saturated heterocycles. The molecule has 1 aromatic heterocycles. The first kappa shape index (κ1) is 14.9. The van der Waals surface area contributed by atoms with E-state index in [9.17, 15) is 9.59 Å². The first-order valence-electron chi connectivity index (χ1n) is 5.99. The third-order valence-corrected chi connectivity index (χ3v) is 3.69. The van der Waals surface area contributed by atoms with Crippen LogP contribution in [0.4, 0.5) is 0 Å². The molecule has 1 aromatic rings. The van der Waals surface area contributed by atoms with Crippen LogP contribution >= 0.6 is 11.3 Å². The lowest BCUT2D eigenvalue weighted by Gasteiger charge is -2.08. The third kappa shape index (κ3) is 3.96. The van der Waals surface area contributed by atoms with Gasteiger partial charge in [-0.2, -0.15) is 0 Å². The number of hydrogen-bond acceptors (Lipinski definition) is 4. The second-order valence-electron chi connectivity index (χ2n) is 4.37. The zero-order valence-electron chi connectivity index (χ0n) is 11.3. The Morgan fingerprint density at radius 1 is 1.50 bits per heavy atom. The number of nitrogens with one attached hydrogen (secondary N) is 1. The SMILES string of the molecule is Cc1c(C(=O)NCCCOC(C)C)sc(=O)n1C. The largest absolute Gasteiger partial charge is 0.379 e. The van der Waals surface area contributed by atoms with Crippen molar-refractivity contribution in [2.24, 2.45) is 7.05 Å². The average Bonchev–Trinajstić information content (AvgIpc) is 2.56. The highest BCUT2D eigenvalue weighted by Gasteiger charge is 2.14. The van der Waals surface area contributed by atoms with Gasteiger partial charge in [-0.15, -0.1) is 0 Å². The standard InChI is InChI=1S/C12H20N2O3S/c1-8(2)17-7-5-6-13-11(15)10-9(3)14(4)12(16)18-10/h8H,5-7H2,1-4H3,(H,13,15). The van der Waals surface area contributed by atoms with Crippen LogP contribution in [0.5, 0.6) is 0 Å². The Hall–Kier alpha value is -1.14. The van der Waals surface area contributed by atoms with Crippen LogP contribution in [0.2, 0.25) is 0 Å². The molecule has 0 fully saturated rings. The van der Waals surface area contributed by atoms with Gasteiger partial charge in [0.25, 0.3) is 5.91 Å². The van der Waals surface area contributed by atoms with Crippen LogP contribution in [0, 0.1) is 6.92 Å². The van der Waals surface area contributed by atoms with Crippen molar-refractivity contribution >= 4 is 17.2 Å². The van der Waals surface area contributed by atoms with Crippen LogP contribution < -0.4 is 10.2 Å². The fraction of sp³-hybridized carbons (Fsp3) is 0.667. The lowest BCUT2D eigenvalue weighted by atomic mass is 10.3. The summed E-state index contributed by atoms with van der Waals surface area (Å²) in [6.45, 7) is 6.91. The Bertz CT molecular complexity index is 462. The molecule has 102 valence electrons. The Labute approximate surface area is 111 Å². The lowest BCUT2D eigenvalue weighted by molar-refractivity contribution is 0.0757. The molecule has 1 N–H and O–H groups in total. The monoisotopic (exact) mass is 272 g/mol. The first-order chi connectivity index (χ1) is 8.43. The van der Waals surface area contributed by atoms with E-state index in [-0.39, 0.29) is 16.9 Å². The Balaban J connectivity index is 2.41. The van der Waals surface area contributed by atoms with Gasteiger partial charge in [-0.1, -0.05) is 11.3 Å². The lowest BCUT2D eigenvalue weighted by Crippen LogP contribution is -2.25. The number of rotatable bonds is 6. The molecule has 1 heterocycles. The molecule has 0 aliphatic heterocycles. The zero-order valence-corrected chi connectivity index (χ0v) is 12.1. The Morgan fingerprint density at radius 3 is 2.67 bits per heavy atom. The Kier molecular flexibility index (Phi) is 5.55. The summed E-state index contributed by atoms with van der Waals surface area (Å²) in [5.41, 5.74) is 0.709. The van der Waals surface area contributed by atoms with E-state index in [1.807, 2.05) is 13.8 Å². The highest BCUT2D eigenvalue weighted by Crippen LogP contribution is 2.09. The second kappa shape index (κ2) is 6.70. The molecule has 0 saturated carbocycles. The van der Waals surface area contributed by atoms with Crippen molar-refractivity contribution in [3.05, 3.63) is 20.2 Å². The summed E-state index contributed by atoms with van der Waals surface area (Å²) >= 11 is 0.982. The van der Waals surface area contributed by atoms with Crippen molar-refractivity contribution in [3.8, 4) is 0 Å². The number of hydrogen-bond donors (Lipinski definition) is 1. The van der Waals surface area contributed by atoms with Crippen LogP contribution in [-0.2, 0) is 11.8 Å². The van der Waals surface area contributed by atoms with Gasteiger partial charge in [0.2, 0.25) is 0 Å². The van der Waals surface area contributed by atoms with E-state index in [2.05, 4.69) is 5.32 Å². The summed E-state index contributed by atoms with van der Waals surface area (Å²) in [6.07, 6.45) is 0.979. The number of amides is 1. The molecule has 5 nitrogen and oxygen atoms in total. The summed E-state index contributed by atoms with van der Waals surface area (Å²) in [7, 11) is 1.67. The molecule has 0 aliphatic carbocycles. The minimum atomic E-state index is -0.181. The number of carbonyl (C=O) groups excluding carboxylic acids is 1. The number of nitrogens with zero attached hydrogens (tertiary/aromatic N) is 1. The highest BCUT2D eigenvalue weighted by atomic mass is 32.1. The molecule has 1 rings (SSSR count). The maximum absolute atomic E-state index is 11.8. The highest BCUT2D eigenvalue weighted by molar-refractivity contribution is 7.11. The van der Waals surface area contributed by atoms with E-state index in [4.69, 9.17) is 4.74 Å². The molecular formula is C12H20N2O3S. The molecule has 0 radical (unpaired) electrons. The molecule has 1 amide bonds. The van der Waals surface area contributed by atoms with E-state index >= 15 is 0 Å². The number of carbonyl (C=O) groups is 1. The van der Waals surface area contributed by atoms with Gasteiger partial charge in [0.15, 0.2) is 0 Å². The summed E-state index contributed by atoms with van der Waals surface area (Å²) in [5.74, 6) is -0.181. The van der Waals surface area contributed by atoms with Crippen LogP contribution in [0.15, 0.2) is 4.79 Å². The molecule has 0 spiro atoms. The molecular weight excluding hydrogens is 252 g/mol. The maximum Gasteiger partial charge on any atom is 0.307 e. The third-order valence-electron chi connectivity index (χ3n) is 2.56. The van der Waals surface area contributed by atoms with Gasteiger partial charge < -0.3 is 14.6 Å². The van der Waals surface area contributed by atoms with Gasteiger partial charge in [-0.05, 0) is 27.2 Å². The summed E-state index contributed by atoms with van der Waals surface area (Å²) in [5, 5.41) is 2.79. The van der Waals surface area contributed by atoms with E-state index in [1.54, 1.807) is 14.0 Å². The first-order valence-corrected chi connectivity index (χ1v) is 6.81. The maximum atomic E-state index is 11.8. The number of aromatic nitrogens is 1. The average molecular weight is 272 g/mol. The van der Waals surface area contributed by atoms with Crippen LogP contribution in [0.1, 0.15) is 35.6 Å². The predicted octanol–water partition coefficient (Wildman–Crippen LogP) is 1.30. The van der Waals surface area contributed by atoms with Crippen LogP contribution in [0.3, 0.4) is 0 Å². The van der Waals surface area contributed by atoms with Crippen molar-refractivity contribution in [1.29, 1.82) is 0 Å². The minimum Gasteiger partial charge on any atom is -0.379 e. The summed E-state index contributed by atoms with van der Waals surface area (Å²) < 4.78 is 6.86. The molecule has 0 unspecified atom stereocenters. The second-order valence-corrected chi connectivity index (χ2v) is 5.33. The van der Waals surface area contributed by atoms with E-state index in [0.717, 1.165) is 17.8 Å². The minimum absolute atomic E-state index is 0.110. The van der Waals surface area contributed by atoms with Crippen LogP contribution in [0.25, 0.3) is 0 Å². The number of ether oxygens (including phenoxy) is 1. The fourth-order valence-corrected chi connectivity index (χ4v) is 2.30. The van der Waals surface area contributed by atoms with Gasteiger partial charge in [0.1, 0.15) is 4.88 Å². The predicted molar refractivity (Wildman–Crippen MR) is 72.3 cm³/mol. The van der Waals surface area contributed by atoms with E-state index < -0.39 is 0 Å². The normalized spacial score (nSPS) is 10.9. The van der Waals surface area contributed by atoms with Gasteiger partial charge >= 0.3 is 4.87 Å². The van der Waals surface area contributed by atoms with Gasteiger partial charge in [0, 0.05) is 25.9 Å². The fourth-order valence-electron chi connectivity index (χ4n) is 1.40. The van der Waals surface area contributed by atoms with Gasteiger partial charge in [-0.25, -0.2) is 0 Å². The molecule has 6 heteroatoms. The Morgan fingerprint density at radius 2 is 2.17 bits per heavy atom. The van der Waals surface area contributed by atoms with Crippen molar-refractivity contribution < 1.29 is 9.53 Å². The van der Waals surface area contributed by atoms with Crippen LogP contribution in [-0.4, -0.2) is 29.7 Å². The van der Waals surface area contributed by atoms with Crippen molar-refractivity contribution in [1.82, 2.24) is 9.88 Å². The topological polar surface area (TPSA) is 60.3 Å². The summed E-state index contributed by atoms with van der Waals surface area (Å²) in [4.78, 5) is 23.6. The molecule has 0 aliphatic rings. The van der Waals surface area contributed by atoms with Gasteiger partial charge in [-0.3, -0.25) is 9.59 Å². The van der Waals surface area contributed by atoms with Crippen molar-refractivity contribution in [2.45, 2.75) is 33.3 Å². The summed E-state index contributed by atoms with van der Waals surface area (Å²) in [6, 6.07) is 0. The molecule has 0 aromatic carbocycles. The zero-order chi connectivity index (χ0) is 13.7. The quantitative estimate of drug-likeness (QED) is 0.794. The van der Waals surface area contributed by atoms with Gasteiger partial charge in [0.05, 0.1) is 6.10 Å².